The second kappa shape index (κ2) is 7.35. The monoisotopic (exact) mass is 324 g/mol. The van der Waals surface area contributed by atoms with Gasteiger partial charge in [0.2, 0.25) is 0 Å². The molecular formula is C17H22Cl2N2. The minimum Gasteiger partial charge on any atom is -1.00 e. The van der Waals surface area contributed by atoms with E-state index < -0.39 is 0 Å². The maximum absolute atomic E-state index is 6.13. The third kappa shape index (κ3) is 3.63. The lowest BCUT2D eigenvalue weighted by Crippen LogP contribution is -3.12. The third-order valence-corrected chi connectivity index (χ3v) is 4.49. The Morgan fingerprint density at radius 3 is 2.90 bits per heavy atom. The Bertz CT molecular complexity index is 631. The highest BCUT2D eigenvalue weighted by molar-refractivity contribution is 6.31. The van der Waals surface area contributed by atoms with Gasteiger partial charge in [0.05, 0.1) is 19.6 Å². The smallest absolute Gasteiger partial charge is 0.0964 e. The lowest BCUT2D eigenvalue weighted by Gasteiger charge is -2.23. The molecule has 0 radical (unpaired) electrons. The van der Waals surface area contributed by atoms with Gasteiger partial charge in [0.1, 0.15) is 0 Å². The molecule has 0 saturated carbocycles. The number of unbranched alkanes of at least 4 members (excludes halogenated alkanes) is 1. The van der Waals surface area contributed by atoms with E-state index in [9.17, 15) is 0 Å². The Morgan fingerprint density at radius 1 is 1.33 bits per heavy atom. The molecule has 4 heteroatoms. The number of benzene rings is 1. The normalized spacial score (nSPS) is 18.4. The van der Waals surface area contributed by atoms with Crippen LogP contribution in [-0.4, -0.2) is 24.6 Å². The largest absolute Gasteiger partial charge is 1.00 e. The highest BCUT2D eigenvalue weighted by atomic mass is 35.5. The first kappa shape index (κ1) is 16.4. The first-order valence-corrected chi connectivity index (χ1v) is 7.95. The van der Waals surface area contributed by atoms with E-state index in [1.807, 2.05) is 6.07 Å². The van der Waals surface area contributed by atoms with Crippen molar-refractivity contribution in [2.45, 2.75) is 26.2 Å². The van der Waals surface area contributed by atoms with Crippen molar-refractivity contribution in [1.29, 1.82) is 0 Å². The van der Waals surface area contributed by atoms with Gasteiger partial charge >= 0.3 is 0 Å². The van der Waals surface area contributed by atoms with Crippen LogP contribution in [0.4, 0.5) is 0 Å². The van der Waals surface area contributed by atoms with Crippen LogP contribution >= 0.6 is 11.6 Å². The zero-order valence-electron chi connectivity index (χ0n) is 12.4. The minimum atomic E-state index is 0. The van der Waals surface area contributed by atoms with Crippen LogP contribution in [0.3, 0.4) is 0 Å². The topological polar surface area (TPSA) is 20.2 Å². The van der Waals surface area contributed by atoms with Gasteiger partial charge in [0, 0.05) is 34.1 Å². The summed E-state index contributed by atoms with van der Waals surface area (Å²) in [6.07, 6.45) is 8.34. The predicted octanol–water partition coefficient (Wildman–Crippen LogP) is 0.297. The summed E-state index contributed by atoms with van der Waals surface area (Å²) >= 11 is 6.13. The summed E-state index contributed by atoms with van der Waals surface area (Å²) in [7, 11) is 0. The predicted molar refractivity (Wildman–Crippen MR) is 86.4 cm³/mol. The molecule has 114 valence electrons. The zero-order valence-corrected chi connectivity index (χ0v) is 13.9. The van der Waals surface area contributed by atoms with E-state index in [-0.39, 0.29) is 12.4 Å². The van der Waals surface area contributed by atoms with E-state index in [0.29, 0.717) is 0 Å². The Labute approximate surface area is 137 Å². The van der Waals surface area contributed by atoms with Crippen molar-refractivity contribution in [3.05, 3.63) is 41.1 Å². The van der Waals surface area contributed by atoms with Gasteiger partial charge in [-0.15, -0.1) is 0 Å². The Hall–Kier alpha value is -0.960. The summed E-state index contributed by atoms with van der Waals surface area (Å²) in [4.78, 5) is 5.07. The number of halogens is 2. The second-order valence-electron chi connectivity index (χ2n) is 5.68. The van der Waals surface area contributed by atoms with Gasteiger partial charge in [-0.25, -0.2) is 0 Å². The molecule has 1 aromatic carbocycles. The molecule has 1 atom stereocenters. The molecule has 0 spiro atoms. The molecule has 2 N–H and O–H groups in total. The molecular weight excluding hydrogens is 303 g/mol. The van der Waals surface area contributed by atoms with E-state index in [0.717, 1.165) is 11.6 Å². The first-order chi connectivity index (χ1) is 9.78. The molecule has 0 saturated heterocycles. The summed E-state index contributed by atoms with van der Waals surface area (Å²) in [5.41, 5.74) is 3.97. The van der Waals surface area contributed by atoms with E-state index in [1.165, 1.54) is 54.4 Å². The lowest BCUT2D eigenvalue weighted by atomic mass is 9.99. The van der Waals surface area contributed by atoms with Crippen LogP contribution in [0.25, 0.3) is 16.5 Å². The number of rotatable bonds is 4. The number of fused-ring (bicyclic) bond motifs is 1. The Balaban J connectivity index is 0.00000161. The van der Waals surface area contributed by atoms with Crippen LogP contribution in [-0.2, 0) is 0 Å². The number of H-pyrrole nitrogens is 1. The molecule has 0 fully saturated rings. The molecule has 2 aromatic rings. The molecule has 2 nitrogen and oxygen atoms in total. The molecule has 2 heterocycles. The van der Waals surface area contributed by atoms with Crippen LogP contribution in [0, 0.1) is 0 Å². The second-order valence-corrected chi connectivity index (χ2v) is 6.12. The summed E-state index contributed by atoms with van der Waals surface area (Å²) in [6, 6.07) is 6.07. The van der Waals surface area contributed by atoms with Gasteiger partial charge < -0.3 is 22.3 Å². The molecule has 1 aliphatic rings. The quantitative estimate of drug-likeness (QED) is 0.807. The average Bonchev–Trinajstić information content (AvgIpc) is 2.88. The van der Waals surface area contributed by atoms with Gasteiger partial charge in [-0.05, 0) is 36.3 Å². The van der Waals surface area contributed by atoms with E-state index in [2.05, 4.69) is 36.3 Å². The van der Waals surface area contributed by atoms with Crippen LogP contribution in [0.1, 0.15) is 31.7 Å². The van der Waals surface area contributed by atoms with Crippen LogP contribution in [0.5, 0.6) is 0 Å². The molecule has 1 aliphatic heterocycles. The fraction of sp³-hybridized carbons (Fsp3) is 0.412. The highest BCUT2D eigenvalue weighted by Gasteiger charge is 2.17. The number of aromatic nitrogens is 1. The van der Waals surface area contributed by atoms with Crippen LogP contribution < -0.4 is 17.3 Å². The van der Waals surface area contributed by atoms with Gasteiger partial charge in [0.15, 0.2) is 0 Å². The maximum atomic E-state index is 6.13. The fourth-order valence-corrected chi connectivity index (χ4v) is 3.21. The van der Waals surface area contributed by atoms with Crippen molar-refractivity contribution < 1.29 is 17.3 Å². The van der Waals surface area contributed by atoms with Crippen molar-refractivity contribution in [1.82, 2.24) is 4.98 Å². The number of hydrogen-bond acceptors (Lipinski definition) is 0. The van der Waals surface area contributed by atoms with Crippen molar-refractivity contribution in [3.63, 3.8) is 0 Å². The van der Waals surface area contributed by atoms with Crippen LogP contribution in [0.15, 0.2) is 30.5 Å². The number of hydrogen-bond donors (Lipinski definition) is 2. The summed E-state index contributed by atoms with van der Waals surface area (Å²) in [5, 5.41) is 2.06. The van der Waals surface area contributed by atoms with Gasteiger partial charge in [0.25, 0.3) is 0 Å². The average molecular weight is 325 g/mol. The Kier molecular flexibility index (Phi) is 5.74. The van der Waals surface area contributed by atoms with Crippen molar-refractivity contribution in [2.24, 2.45) is 0 Å². The lowest BCUT2D eigenvalue weighted by molar-refractivity contribution is -0.895. The summed E-state index contributed by atoms with van der Waals surface area (Å²) < 4.78 is 0. The summed E-state index contributed by atoms with van der Waals surface area (Å²) in [6.45, 7) is 5.97. The Morgan fingerprint density at radius 2 is 2.19 bits per heavy atom. The molecule has 1 aromatic heterocycles. The van der Waals surface area contributed by atoms with Crippen LogP contribution in [0.2, 0.25) is 5.02 Å². The molecule has 21 heavy (non-hydrogen) atoms. The van der Waals surface area contributed by atoms with Gasteiger partial charge in [-0.1, -0.05) is 24.9 Å². The number of nitrogens with one attached hydrogen (secondary N) is 2. The van der Waals surface area contributed by atoms with E-state index >= 15 is 0 Å². The number of quaternary nitrogens is 1. The van der Waals surface area contributed by atoms with Crippen molar-refractivity contribution in [2.75, 3.05) is 19.6 Å². The third-order valence-electron chi connectivity index (χ3n) is 4.26. The first-order valence-electron chi connectivity index (χ1n) is 7.57. The zero-order chi connectivity index (χ0) is 13.9. The summed E-state index contributed by atoms with van der Waals surface area (Å²) in [5.74, 6) is 0. The maximum Gasteiger partial charge on any atom is 0.0964 e. The van der Waals surface area contributed by atoms with Gasteiger partial charge in [-0.3, -0.25) is 0 Å². The minimum absolute atomic E-state index is 0. The van der Waals surface area contributed by atoms with Gasteiger partial charge in [-0.2, -0.15) is 0 Å². The molecule has 0 bridgehead atoms. The SMILES string of the molecule is CCCC[NH+]1CC=C(c2c[nH]c3ccc(Cl)cc23)CC1.[Cl-]. The van der Waals surface area contributed by atoms with Crippen molar-refractivity contribution >= 4 is 28.1 Å². The van der Waals surface area contributed by atoms with Crippen molar-refractivity contribution in [3.8, 4) is 0 Å². The molecule has 0 amide bonds. The molecule has 1 unspecified atom stereocenters. The van der Waals surface area contributed by atoms with E-state index in [4.69, 9.17) is 11.6 Å². The molecule has 0 aliphatic carbocycles. The fourth-order valence-electron chi connectivity index (χ4n) is 3.04. The highest BCUT2D eigenvalue weighted by Crippen LogP contribution is 2.29. The molecule has 3 rings (SSSR count). The van der Waals surface area contributed by atoms with E-state index in [1.54, 1.807) is 4.90 Å². The standard InChI is InChI=1S/C17H21ClN2.ClH/c1-2-3-8-20-9-6-13(7-10-20)16-12-19-17-5-4-14(18)11-15(16)17;/h4-6,11-12,19H,2-3,7-10H2,1H3;1H. The number of aromatic amines is 1.